The van der Waals surface area contributed by atoms with Gasteiger partial charge in [-0.05, 0) is 12.3 Å². The molecule has 0 N–H and O–H groups in total. The van der Waals surface area contributed by atoms with Gasteiger partial charge in [0.05, 0.1) is 6.26 Å². The third-order valence-electron chi connectivity index (χ3n) is 1.18. The van der Waals surface area contributed by atoms with Crippen molar-refractivity contribution in [3.63, 3.8) is 0 Å². The van der Waals surface area contributed by atoms with Gasteiger partial charge in [0.25, 0.3) is 0 Å². The average Bonchev–Trinajstić information content (AvgIpc) is 2.04. The fourth-order valence-electron chi connectivity index (χ4n) is 0.671. The molecule has 3 nitrogen and oxygen atoms in total. The van der Waals surface area contributed by atoms with Crippen LogP contribution in [0.2, 0.25) is 0 Å². The summed E-state index contributed by atoms with van der Waals surface area (Å²) in [4.78, 5) is 11.5. The molecule has 0 saturated carbocycles. The van der Waals surface area contributed by atoms with E-state index in [1.807, 2.05) is 0 Å². The van der Waals surface area contributed by atoms with Crippen LogP contribution in [0.1, 0.15) is 5.56 Å². The Hall–Kier alpha value is -1.21. The molecule has 1 aromatic heterocycles. The fourth-order valence-corrected chi connectivity index (χ4v) is 1.20. The number of hydrogen-bond donors (Lipinski definition) is 0. The summed E-state index contributed by atoms with van der Waals surface area (Å²) in [5.41, 5.74) is -0.487. The van der Waals surface area contributed by atoms with Gasteiger partial charge in [-0.15, -0.1) is 11.8 Å². The van der Waals surface area contributed by atoms with Crippen molar-refractivity contribution in [1.29, 1.82) is 5.26 Å². The van der Waals surface area contributed by atoms with Crippen LogP contribution in [0.4, 0.5) is 0 Å². The average molecular weight is 167 g/mol. The molecule has 1 aromatic rings. The highest BCUT2D eigenvalue weighted by atomic mass is 32.2. The molecule has 0 fully saturated rings. The Morgan fingerprint density at radius 2 is 2.45 bits per heavy atom. The van der Waals surface area contributed by atoms with E-state index in [9.17, 15) is 4.79 Å². The van der Waals surface area contributed by atoms with Crippen molar-refractivity contribution in [1.82, 2.24) is 0 Å². The van der Waals surface area contributed by atoms with Gasteiger partial charge < -0.3 is 4.42 Å². The van der Waals surface area contributed by atoms with Crippen molar-refractivity contribution in [3.05, 3.63) is 28.3 Å². The second kappa shape index (κ2) is 3.26. The van der Waals surface area contributed by atoms with Gasteiger partial charge in [0.15, 0.2) is 5.56 Å². The summed E-state index contributed by atoms with van der Waals surface area (Å²) in [5, 5.41) is 8.51. The summed E-state index contributed by atoms with van der Waals surface area (Å²) in [7, 11) is 0. The number of thioether (sulfide) groups is 1. The van der Waals surface area contributed by atoms with E-state index in [0.717, 1.165) is 0 Å². The van der Waals surface area contributed by atoms with E-state index in [1.165, 1.54) is 18.0 Å². The highest BCUT2D eigenvalue weighted by Crippen LogP contribution is 2.15. The summed E-state index contributed by atoms with van der Waals surface area (Å²) in [6.45, 7) is 0. The monoisotopic (exact) mass is 167 g/mol. The molecule has 0 atom stereocenters. The second-order valence-electron chi connectivity index (χ2n) is 1.76. The third-order valence-corrected chi connectivity index (χ3v) is 1.96. The first kappa shape index (κ1) is 7.89. The predicted molar refractivity (Wildman–Crippen MR) is 41.5 cm³/mol. The van der Waals surface area contributed by atoms with Crippen molar-refractivity contribution in [2.24, 2.45) is 0 Å². The van der Waals surface area contributed by atoms with E-state index in [2.05, 4.69) is 4.42 Å². The molecule has 4 heteroatoms. The molecule has 11 heavy (non-hydrogen) atoms. The first-order chi connectivity index (χ1) is 5.29. The van der Waals surface area contributed by atoms with Gasteiger partial charge in [0.2, 0.25) is 0 Å². The molecule has 1 heterocycles. The zero-order chi connectivity index (χ0) is 8.27. The van der Waals surface area contributed by atoms with Crippen LogP contribution in [0.25, 0.3) is 0 Å². The molecule has 0 saturated heterocycles. The highest BCUT2D eigenvalue weighted by Gasteiger charge is 2.04. The molecule has 0 spiro atoms. The van der Waals surface area contributed by atoms with Gasteiger partial charge in [0, 0.05) is 4.90 Å². The Morgan fingerprint density at radius 1 is 1.73 bits per heavy atom. The molecule has 1 rings (SSSR count). The second-order valence-corrected chi connectivity index (χ2v) is 2.61. The lowest BCUT2D eigenvalue weighted by molar-refractivity contribution is 0.503. The molecule has 0 aliphatic rings. The van der Waals surface area contributed by atoms with Crippen LogP contribution < -0.4 is 5.63 Å². The molecule has 0 radical (unpaired) electrons. The van der Waals surface area contributed by atoms with Crippen LogP contribution in [0.15, 0.2) is 26.4 Å². The lowest BCUT2D eigenvalue weighted by atomic mass is 10.3. The minimum absolute atomic E-state index is 0.0833. The van der Waals surface area contributed by atoms with Gasteiger partial charge in [-0.3, -0.25) is 0 Å². The number of hydrogen-bond acceptors (Lipinski definition) is 4. The highest BCUT2D eigenvalue weighted by molar-refractivity contribution is 7.98. The normalized spacial score (nSPS) is 9.09. The Bertz CT molecular complexity index is 350. The Kier molecular flexibility index (Phi) is 2.34. The molecule has 0 aliphatic carbocycles. The number of nitriles is 1. The first-order valence-corrected chi connectivity index (χ1v) is 4.08. The van der Waals surface area contributed by atoms with Crippen molar-refractivity contribution in [2.45, 2.75) is 4.90 Å². The Morgan fingerprint density at radius 3 is 2.91 bits per heavy atom. The van der Waals surface area contributed by atoms with Gasteiger partial charge in [-0.25, -0.2) is 4.79 Å². The van der Waals surface area contributed by atoms with Crippen LogP contribution in [-0.4, -0.2) is 6.26 Å². The van der Waals surface area contributed by atoms with E-state index < -0.39 is 5.63 Å². The molecule has 0 bridgehead atoms. The Labute approximate surface area is 67.6 Å². The maximum absolute atomic E-state index is 10.8. The summed E-state index contributed by atoms with van der Waals surface area (Å²) >= 11 is 1.35. The van der Waals surface area contributed by atoms with E-state index in [1.54, 1.807) is 18.4 Å². The molecule has 0 aliphatic heterocycles. The zero-order valence-electron chi connectivity index (χ0n) is 5.83. The van der Waals surface area contributed by atoms with Crippen molar-refractivity contribution < 1.29 is 4.42 Å². The lowest BCUT2D eigenvalue weighted by Gasteiger charge is -1.93. The number of nitrogens with zero attached hydrogens (tertiary/aromatic N) is 1. The van der Waals surface area contributed by atoms with Gasteiger partial charge in [-0.2, -0.15) is 5.26 Å². The van der Waals surface area contributed by atoms with Crippen LogP contribution in [0.5, 0.6) is 0 Å². The summed E-state index contributed by atoms with van der Waals surface area (Å²) < 4.78 is 4.50. The molecule has 0 aromatic carbocycles. The van der Waals surface area contributed by atoms with Crippen molar-refractivity contribution in [2.75, 3.05) is 6.26 Å². The largest absolute Gasteiger partial charge is 0.430 e. The smallest absolute Gasteiger partial charge is 0.354 e. The molecule has 0 unspecified atom stereocenters. The van der Waals surface area contributed by atoms with Gasteiger partial charge >= 0.3 is 5.63 Å². The minimum atomic E-state index is -0.570. The lowest BCUT2D eigenvalue weighted by Crippen LogP contribution is -2.03. The van der Waals surface area contributed by atoms with Crippen LogP contribution >= 0.6 is 11.8 Å². The van der Waals surface area contributed by atoms with E-state index >= 15 is 0 Å². The fraction of sp³-hybridized carbons (Fsp3) is 0.143. The topological polar surface area (TPSA) is 54.0 Å². The van der Waals surface area contributed by atoms with Crippen molar-refractivity contribution >= 4 is 11.8 Å². The number of rotatable bonds is 1. The predicted octanol–water partition coefficient (Wildman–Crippen LogP) is 1.23. The minimum Gasteiger partial charge on any atom is -0.430 e. The standard InChI is InChI=1S/C7H5NO2S/c1-11-6-2-3-10-7(9)5(6)4-8/h2-3H,1H3. The van der Waals surface area contributed by atoms with Crippen LogP contribution in [0, 0.1) is 11.3 Å². The quantitative estimate of drug-likeness (QED) is 0.590. The van der Waals surface area contributed by atoms with Crippen molar-refractivity contribution in [3.8, 4) is 6.07 Å². The van der Waals surface area contributed by atoms with Gasteiger partial charge in [-0.1, -0.05) is 0 Å². The zero-order valence-corrected chi connectivity index (χ0v) is 6.64. The summed E-state index contributed by atoms with van der Waals surface area (Å²) in [5.74, 6) is 0. The van der Waals surface area contributed by atoms with E-state index in [-0.39, 0.29) is 5.56 Å². The van der Waals surface area contributed by atoms with E-state index in [4.69, 9.17) is 5.26 Å². The SMILES string of the molecule is CSc1ccoc(=O)c1C#N. The Balaban J connectivity index is 3.40. The third kappa shape index (κ3) is 1.44. The summed E-state index contributed by atoms with van der Waals surface area (Å²) in [6.07, 6.45) is 3.09. The molecular weight excluding hydrogens is 162 g/mol. The van der Waals surface area contributed by atoms with E-state index in [0.29, 0.717) is 4.90 Å². The van der Waals surface area contributed by atoms with Crippen LogP contribution in [-0.2, 0) is 0 Å². The summed E-state index contributed by atoms with van der Waals surface area (Å²) in [6, 6.07) is 3.39. The maximum atomic E-state index is 10.8. The molecular formula is C7H5NO2S. The molecule has 0 amide bonds. The van der Waals surface area contributed by atoms with Gasteiger partial charge in [0.1, 0.15) is 6.07 Å². The first-order valence-electron chi connectivity index (χ1n) is 2.85. The maximum Gasteiger partial charge on any atom is 0.354 e. The molecule has 56 valence electrons. The van der Waals surface area contributed by atoms with Crippen LogP contribution in [0.3, 0.4) is 0 Å².